The molecule has 0 fully saturated rings. The Kier molecular flexibility index (Phi) is 4.44. The van der Waals surface area contributed by atoms with E-state index in [2.05, 4.69) is 60.7 Å². The van der Waals surface area contributed by atoms with Crippen LogP contribution >= 0.6 is 7.92 Å². The predicted molar refractivity (Wildman–Crippen MR) is 76.2 cm³/mol. The summed E-state index contributed by atoms with van der Waals surface area (Å²) in [5.74, 6) is 0.829. The molecule has 0 nitrogen and oxygen atoms in total. The molecule has 0 bridgehead atoms. The van der Waals surface area contributed by atoms with Crippen molar-refractivity contribution < 1.29 is 0 Å². The molecule has 0 aliphatic carbocycles. The van der Waals surface area contributed by atoms with Crippen molar-refractivity contribution in [2.75, 3.05) is 11.9 Å². The molecule has 0 saturated carbocycles. The molecule has 2 aromatic carbocycles. The quantitative estimate of drug-likeness (QED) is 0.589. The summed E-state index contributed by atoms with van der Waals surface area (Å²) < 4.78 is 0. The molecule has 0 aliphatic rings. The van der Waals surface area contributed by atoms with Crippen molar-refractivity contribution in [3.8, 4) is 0 Å². The molecule has 82 valence electrons. The molecular formula is C14H14PS-. The Morgan fingerprint density at radius 3 is 1.56 bits per heavy atom. The van der Waals surface area contributed by atoms with Crippen LogP contribution in [0.2, 0.25) is 0 Å². The van der Waals surface area contributed by atoms with Crippen LogP contribution in [0.25, 0.3) is 0 Å². The van der Waals surface area contributed by atoms with Gasteiger partial charge in [-0.1, -0.05) is 60.7 Å². The van der Waals surface area contributed by atoms with Crippen LogP contribution in [-0.4, -0.2) is 11.9 Å². The highest BCUT2D eigenvalue weighted by Gasteiger charge is 2.09. The Balaban J connectivity index is 2.31. The minimum Gasteiger partial charge on any atom is -0.792 e. The van der Waals surface area contributed by atoms with E-state index in [1.54, 1.807) is 0 Å². The van der Waals surface area contributed by atoms with Gasteiger partial charge in [-0.25, -0.2) is 0 Å². The largest absolute Gasteiger partial charge is 0.792 e. The van der Waals surface area contributed by atoms with Crippen LogP contribution in [0.3, 0.4) is 0 Å². The molecule has 0 aromatic heterocycles. The maximum Gasteiger partial charge on any atom is -0.0196 e. The maximum absolute atomic E-state index is 5.14. The molecule has 0 amide bonds. The Morgan fingerprint density at radius 1 is 0.750 bits per heavy atom. The first-order valence-electron chi connectivity index (χ1n) is 5.37. The molecule has 0 spiro atoms. The Bertz CT molecular complexity index is 374. The second-order valence-corrected chi connectivity index (χ2v) is 6.27. The van der Waals surface area contributed by atoms with Gasteiger partial charge < -0.3 is 12.6 Å². The Morgan fingerprint density at radius 2 is 1.19 bits per heavy atom. The van der Waals surface area contributed by atoms with E-state index in [1.165, 1.54) is 10.6 Å². The molecule has 2 heteroatoms. The first kappa shape index (κ1) is 11.7. The highest BCUT2D eigenvalue weighted by Crippen LogP contribution is 2.32. The van der Waals surface area contributed by atoms with Crippen molar-refractivity contribution in [2.45, 2.75) is 0 Å². The van der Waals surface area contributed by atoms with Gasteiger partial charge in [0.1, 0.15) is 0 Å². The number of hydrogen-bond donors (Lipinski definition) is 0. The van der Waals surface area contributed by atoms with E-state index in [-0.39, 0.29) is 7.92 Å². The van der Waals surface area contributed by atoms with Crippen molar-refractivity contribution in [3.63, 3.8) is 0 Å². The maximum atomic E-state index is 5.14. The lowest BCUT2D eigenvalue weighted by Crippen LogP contribution is -2.14. The van der Waals surface area contributed by atoms with Crippen LogP contribution in [0.15, 0.2) is 60.7 Å². The van der Waals surface area contributed by atoms with E-state index in [0.29, 0.717) is 0 Å². The van der Waals surface area contributed by atoms with E-state index in [0.717, 1.165) is 11.9 Å². The van der Waals surface area contributed by atoms with E-state index >= 15 is 0 Å². The van der Waals surface area contributed by atoms with Gasteiger partial charge in [-0.3, -0.25) is 0 Å². The Labute approximate surface area is 104 Å². The van der Waals surface area contributed by atoms with Crippen molar-refractivity contribution in [3.05, 3.63) is 60.7 Å². The molecule has 0 atom stereocenters. The zero-order chi connectivity index (χ0) is 11.2. The fourth-order valence-electron chi connectivity index (χ4n) is 1.71. The summed E-state index contributed by atoms with van der Waals surface area (Å²) in [6.07, 6.45) is 1.10. The molecule has 0 heterocycles. The molecule has 0 N–H and O–H groups in total. The zero-order valence-corrected chi connectivity index (χ0v) is 10.8. The Hall–Kier alpha value is -0.780. The third kappa shape index (κ3) is 2.87. The lowest BCUT2D eigenvalue weighted by Gasteiger charge is -2.20. The normalized spacial score (nSPS) is 10.6. The van der Waals surface area contributed by atoms with Gasteiger partial charge in [0.05, 0.1) is 0 Å². The predicted octanol–water partition coefficient (Wildman–Crippen LogP) is 2.67. The van der Waals surface area contributed by atoms with E-state index < -0.39 is 0 Å². The third-order valence-electron chi connectivity index (χ3n) is 2.45. The number of rotatable bonds is 4. The van der Waals surface area contributed by atoms with Gasteiger partial charge in [0.2, 0.25) is 0 Å². The summed E-state index contributed by atoms with van der Waals surface area (Å²) in [6, 6.07) is 21.4. The smallest absolute Gasteiger partial charge is 0.0196 e. The van der Waals surface area contributed by atoms with Crippen molar-refractivity contribution >= 4 is 31.2 Å². The second-order valence-electron chi connectivity index (χ2n) is 3.53. The molecule has 16 heavy (non-hydrogen) atoms. The highest BCUT2D eigenvalue weighted by molar-refractivity contribution is 7.74. The molecule has 0 aliphatic heterocycles. The van der Waals surface area contributed by atoms with Gasteiger partial charge in [-0.2, -0.15) is 5.75 Å². The molecule has 0 unspecified atom stereocenters. The van der Waals surface area contributed by atoms with Gasteiger partial charge in [-0.05, 0) is 24.7 Å². The lowest BCUT2D eigenvalue weighted by molar-refractivity contribution is 1.54. The fourth-order valence-corrected chi connectivity index (χ4v) is 4.32. The summed E-state index contributed by atoms with van der Waals surface area (Å²) in [7, 11) is -0.255. The van der Waals surface area contributed by atoms with Gasteiger partial charge in [0.25, 0.3) is 0 Å². The lowest BCUT2D eigenvalue weighted by atomic mass is 10.4. The SMILES string of the molecule is [S-]CCP(c1ccccc1)c1ccccc1. The topological polar surface area (TPSA) is 0 Å². The third-order valence-corrected chi connectivity index (χ3v) is 5.47. The monoisotopic (exact) mass is 245 g/mol. The van der Waals surface area contributed by atoms with Crippen LogP contribution in [0.4, 0.5) is 0 Å². The first-order chi connectivity index (χ1) is 7.92. The standard InChI is InChI=1S/C14H15PS/c16-12-11-15(13-7-3-1-4-8-13)14-9-5-2-6-10-14/h1-10,16H,11-12H2/p-1. The van der Waals surface area contributed by atoms with Crippen LogP contribution in [-0.2, 0) is 12.6 Å². The minimum absolute atomic E-state index is 0.255. The van der Waals surface area contributed by atoms with Gasteiger partial charge in [0.15, 0.2) is 0 Å². The van der Waals surface area contributed by atoms with Gasteiger partial charge in [0, 0.05) is 0 Å². The average molecular weight is 245 g/mol. The fraction of sp³-hybridized carbons (Fsp3) is 0.143. The van der Waals surface area contributed by atoms with E-state index in [1.807, 2.05) is 0 Å². The summed E-state index contributed by atoms with van der Waals surface area (Å²) in [4.78, 5) is 0. The van der Waals surface area contributed by atoms with Crippen LogP contribution in [0.5, 0.6) is 0 Å². The summed E-state index contributed by atoms with van der Waals surface area (Å²) in [6.45, 7) is 0. The minimum atomic E-state index is -0.255. The van der Waals surface area contributed by atoms with Crippen LogP contribution in [0.1, 0.15) is 0 Å². The van der Waals surface area contributed by atoms with E-state index in [9.17, 15) is 0 Å². The molecular weight excluding hydrogens is 231 g/mol. The van der Waals surface area contributed by atoms with Crippen molar-refractivity contribution in [2.24, 2.45) is 0 Å². The first-order valence-corrected chi connectivity index (χ1v) is 7.48. The molecule has 0 radical (unpaired) electrons. The average Bonchev–Trinajstić information content (AvgIpc) is 2.38. The van der Waals surface area contributed by atoms with Gasteiger partial charge in [-0.15, -0.1) is 0 Å². The van der Waals surface area contributed by atoms with Crippen LogP contribution < -0.4 is 10.6 Å². The van der Waals surface area contributed by atoms with Crippen molar-refractivity contribution in [1.29, 1.82) is 0 Å². The highest BCUT2D eigenvalue weighted by atomic mass is 32.1. The zero-order valence-electron chi connectivity index (χ0n) is 9.04. The number of benzene rings is 2. The summed E-state index contributed by atoms with van der Waals surface area (Å²) >= 11 is 5.14. The van der Waals surface area contributed by atoms with Gasteiger partial charge >= 0.3 is 0 Å². The molecule has 2 rings (SSSR count). The van der Waals surface area contributed by atoms with E-state index in [4.69, 9.17) is 12.6 Å². The number of hydrogen-bond acceptors (Lipinski definition) is 1. The van der Waals surface area contributed by atoms with Crippen LogP contribution in [0, 0.1) is 0 Å². The second kappa shape index (κ2) is 6.08. The molecule has 2 aromatic rings. The molecule has 0 saturated heterocycles. The van der Waals surface area contributed by atoms with Crippen molar-refractivity contribution in [1.82, 2.24) is 0 Å². The summed E-state index contributed by atoms with van der Waals surface area (Å²) in [5.41, 5.74) is 0. The summed E-state index contributed by atoms with van der Waals surface area (Å²) in [5, 5.41) is 2.85.